The molecule has 136 valence electrons. The smallest absolute Gasteiger partial charge is 0.392 e. The second kappa shape index (κ2) is 9.46. The van der Waals surface area contributed by atoms with Crippen molar-refractivity contribution in [2.45, 2.75) is 64.2 Å². The third kappa shape index (κ3) is 5.49. The molecule has 0 aromatic rings. The normalized spacial score (nSPS) is 26.1. The standard InChI is InChI=1S/C16H32O6Si/c1-5-15(19-11-13-9-17-13)23(21-7-3,22-8-4)16(6-2)20-12-14-10-18-14/h13-16H,5-12H2,1-4H3. The minimum absolute atomic E-state index is 0.0586. The molecule has 6 nitrogen and oxygen atoms in total. The van der Waals surface area contributed by atoms with Crippen LogP contribution in [0.1, 0.15) is 40.5 Å². The predicted molar refractivity (Wildman–Crippen MR) is 88.5 cm³/mol. The van der Waals surface area contributed by atoms with Gasteiger partial charge in [0.15, 0.2) is 0 Å². The lowest BCUT2D eigenvalue weighted by Crippen LogP contribution is -2.64. The molecule has 0 radical (unpaired) electrons. The Balaban J connectivity index is 2.09. The molecule has 4 atom stereocenters. The van der Waals surface area contributed by atoms with Crippen molar-refractivity contribution in [2.24, 2.45) is 0 Å². The Hall–Kier alpha value is -0.0231. The maximum Gasteiger partial charge on any atom is 0.397 e. The molecule has 0 aromatic carbocycles. The van der Waals surface area contributed by atoms with Gasteiger partial charge in [0.25, 0.3) is 0 Å². The number of hydrogen-bond donors (Lipinski definition) is 0. The van der Waals surface area contributed by atoms with E-state index in [1.165, 1.54) is 0 Å². The Bertz CT molecular complexity index is 303. The summed E-state index contributed by atoms with van der Waals surface area (Å²) in [5.74, 6) is 0. The second-order valence-corrected chi connectivity index (χ2v) is 9.27. The van der Waals surface area contributed by atoms with Crippen molar-refractivity contribution in [2.75, 3.05) is 39.6 Å². The summed E-state index contributed by atoms with van der Waals surface area (Å²) in [7, 11) is -2.69. The van der Waals surface area contributed by atoms with Gasteiger partial charge in [-0.05, 0) is 26.7 Å². The molecule has 7 heteroatoms. The van der Waals surface area contributed by atoms with Gasteiger partial charge in [0.2, 0.25) is 0 Å². The fourth-order valence-electron chi connectivity index (χ4n) is 2.88. The molecule has 2 aliphatic rings. The molecular weight excluding hydrogens is 316 g/mol. The SMILES string of the molecule is CCO[Si](OCC)(C(CC)OCC1CO1)C(CC)OCC1CO1. The Kier molecular flexibility index (Phi) is 7.94. The Morgan fingerprint density at radius 1 is 0.826 bits per heavy atom. The summed E-state index contributed by atoms with van der Waals surface area (Å²) >= 11 is 0. The first-order chi connectivity index (χ1) is 11.2. The Labute approximate surface area is 141 Å². The van der Waals surface area contributed by atoms with Crippen molar-refractivity contribution >= 4 is 8.56 Å². The fraction of sp³-hybridized carbons (Fsp3) is 1.00. The minimum Gasteiger partial charge on any atom is -0.392 e. The maximum absolute atomic E-state index is 6.27. The summed E-state index contributed by atoms with van der Waals surface area (Å²) in [6, 6.07) is 0. The van der Waals surface area contributed by atoms with E-state index < -0.39 is 8.56 Å². The van der Waals surface area contributed by atoms with E-state index in [-0.39, 0.29) is 23.7 Å². The Morgan fingerprint density at radius 3 is 1.48 bits per heavy atom. The number of hydrogen-bond acceptors (Lipinski definition) is 6. The molecule has 0 aliphatic carbocycles. The third-order valence-corrected chi connectivity index (χ3v) is 8.58. The number of epoxide rings is 2. The highest BCUT2D eigenvalue weighted by molar-refractivity contribution is 6.70. The van der Waals surface area contributed by atoms with Crippen molar-refractivity contribution in [3.8, 4) is 0 Å². The lowest BCUT2D eigenvalue weighted by molar-refractivity contribution is -0.00962. The summed E-state index contributed by atoms with van der Waals surface area (Å²) in [6.07, 6.45) is 2.16. The van der Waals surface area contributed by atoms with Crippen LogP contribution in [0, 0.1) is 0 Å². The highest BCUT2D eigenvalue weighted by atomic mass is 28.4. The molecule has 0 N–H and O–H groups in total. The zero-order valence-electron chi connectivity index (χ0n) is 14.9. The van der Waals surface area contributed by atoms with Gasteiger partial charge in [-0.15, -0.1) is 0 Å². The summed E-state index contributed by atoms with van der Waals surface area (Å²) in [4.78, 5) is 0. The molecule has 0 spiro atoms. The van der Waals surface area contributed by atoms with Crippen LogP contribution in [0.4, 0.5) is 0 Å². The van der Waals surface area contributed by atoms with Crippen LogP contribution >= 0.6 is 0 Å². The van der Waals surface area contributed by atoms with E-state index in [4.69, 9.17) is 27.8 Å². The molecule has 2 saturated heterocycles. The van der Waals surface area contributed by atoms with E-state index in [2.05, 4.69) is 13.8 Å². The highest BCUT2D eigenvalue weighted by Gasteiger charge is 2.54. The second-order valence-electron chi connectivity index (χ2n) is 5.96. The average Bonchev–Trinajstić information content (AvgIpc) is 3.43. The zero-order chi connectivity index (χ0) is 16.7. The van der Waals surface area contributed by atoms with Crippen LogP contribution in [0.5, 0.6) is 0 Å². The van der Waals surface area contributed by atoms with Crippen LogP contribution in [0.25, 0.3) is 0 Å². The molecule has 2 rings (SSSR count). The molecule has 0 saturated carbocycles. The Morgan fingerprint density at radius 2 is 1.22 bits per heavy atom. The van der Waals surface area contributed by atoms with Gasteiger partial charge in [-0.1, -0.05) is 13.8 Å². The first kappa shape index (κ1) is 19.3. The highest BCUT2D eigenvalue weighted by Crippen LogP contribution is 2.28. The van der Waals surface area contributed by atoms with Crippen molar-refractivity contribution in [3.63, 3.8) is 0 Å². The minimum atomic E-state index is -2.69. The molecule has 2 aliphatic heterocycles. The van der Waals surface area contributed by atoms with E-state index >= 15 is 0 Å². The first-order valence-corrected chi connectivity index (χ1v) is 10.9. The van der Waals surface area contributed by atoms with Crippen LogP contribution in [-0.2, 0) is 27.8 Å². The predicted octanol–water partition coefficient (Wildman–Crippen LogP) is 1.97. The van der Waals surface area contributed by atoms with E-state index in [1.807, 2.05) is 13.8 Å². The van der Waals surface area contributed by atoms with E-state index in [0.29, 0.717) is 26.4 Å². The van der Waals surface area contributed by atoms with Gasteiger partial charge in [-0.25, -0.2) is 0 Å². The van der Waals surface area contributed by atoms with E-state index in [1.54, 1.807) is 0 Å². The lowest BCUT2D eigenvalue weighted by atomic mass is 10.5. The quantitative estimate of drug-likeness (QED) is 0.353. The summed E-state index contributed by atoms with van der Waals surface area (Å²) in [5.41, 5.74) is -0.117. The first-order valence-electron chi connectivity index (χ1n) is 8.94. The molecule has 23 heavy (non-hydrogen) atoms. The fourth-order valence-corrected chi connectivity index (χ4v) is 6.82. The largest absolute Gasteiger partial charge is 0.397 e. The van der Waals surface area contributed by atoms with Gasteiger partial charge >= 0.3 is 8.56 Å². The number of ether oxygens (including phenoxy) is 4. The van der Waals surface area contributed by atoms with Gasteiger partial charge in [0, 0.05) is 13.2 Å². The van der Waals surface area contributed by atoms with Crippen molar-refractivity contribution in [1.82, 2.24) is 0 Å². The van der Waals surface area contributed by atoms with Crippen LogP contribution in [0.3, 0.4) is 0 Å². The summed E-state index contributed by atoms with van der Waals surface area (Å²) in [6.45, 7) is 12.3. The monoisotopic (exact) mass is 348 g/mol. The molecular formula is C16H32O6Si. The maximum atomic E-state index is 6.27. The van der Waals surface area contributed by atoms with Crippen molar-refractivity contribution < 1.29 is 27.8 Å². The topological polar surface area (TPSA) is 62.0 Å². The molecule has 0 bridgehead atoms. The summed E-state index contributed by atoms with van der Waals surface area (Å²) in [5, 5.41) is 0. The van der Waals surface area contributed by atoms with Gasteiger partial charge in [0.05, 0.1) is 26.4 Å². The van der Waals surface area contributed by atoms with E-state index in [0.717, 1.165) is 26.1 Å². The molecule has 2 fully saturated rings. The zero-order valence-corrected chi connectivity index (χ0v) is 15.9. The van der Waals surface area contributed by atoms with E-state index in [9.17, 15) is 0 Å². The third-order valence-electron chi connectivity index (χ3n) is 4.15. The lowest BCUT2D eigenvalue weighted by Gasteiger charge is -2.41. The average molecular weight is 349 g/mol. The van der Waals surface area contributed by atoms with Crippen LogP contribution < -0.4 is 0 Å². The van der Waals surface area contributed by atoms with Crippen molar-refractivity contribution in [3.05, 3.63) is 0 Å². The van der Waals surface area contributed by atoms with Gasteiger partial charge in [0.1, 0.15) is 23.7 Å². The van der Waals surface area contributed by atoms with Gasteiger partial charge in [-0.3, -0.25) is 0 Å². The van der Waals surface area contributed by atoms with Gasteiger partial charge in [-0.2, -0.15) is 0 Å². The number of rotatable bonds is 14. The molecule has 0 aromatic heterocycles. The van der Waals surface area contributed by atoms with Gasteiger partial charge < -0.3 is 27.8 Å². The molecule has 0 amide bonds. The molecule has 4 unspecified atom stereocenters. The summed E-state index contributed by atoms with van der Waals surface area (Å²) < 4.78 is 35.4. The molecule has 2 heterocycles. The van der Waals surface area contributed by atoms with Crippen LogP contribution in [-0.4, -0.2) is 71.9 Å². The van der Waals surface area contributed by atoms with Crippen LogP contribution in [0.15, 0.2) is 0 Å². The van der Waals surface area contributed by atoms with Crippen molar-refractivity contribution in [1.29, 1.82) is 0 Å². The van der Waals surface area contributed by atoms with Crippen LogP contribution in [0.2, 0.25) is 0 Å².